The van der Waals surface area contributed by atoms with Crippen LogP contribution in [0.2, 0.25) is 0 Å². The fraction of sp³-hybridized carbons (Fsp3) is 0.389. The largest absolute Gasteiger partial charge is 0.356 e. The van der Waals surface area contributed by atoms with E-state index in [9.17, 15) is 17.6 Å². The van der Waals surface area contributed by atoms with Crippen LogP contribution in [0, 0.1) is 5.82 Å². The van der Waals surface area contributed by atoms with Gasteiger partial charge in [0.05, 0.1) is 6.04 Å². The number of sulfonamides is 1. The van der Waals surface area contributed by atoms with Crippen LogP contribution in [0.4, 0.5) is 4.39 Å². The molecule has 1 atom stereocenters. The number of aromatic amines is 1. The summed E-state index contributed by atoms with van der Waals surface area (Å²) in [5, 5.41) is 3.21. The van der Waals surface area contributed by atoms with Crippen LogP contribution in [0.15, 0.2) is 41.4 Å². The fourth-order valence-corrected chi connectivity index (χ4v) is 4.39. The van der Waals surface area contributed by atoms with Crippen molar-refractivity contribution in [3.05, 3.63) is 53.6 Å². The van der Waals surface area contributed by atoms with Gasteiger partial charge in [-0.1, -0.05) is 12.1 Å². The third-order valence-corrected chi connectivity index (χ3v) is 5.96. The van der Waals surface area contributed by atoms with E-state index < -0.39 is 10.0 Å². The first kappa shape index (κ1) is 22.4. The normalized spacial score (nSPS) is 17.4. The van der Waals surface area contributed by atoms with Gasteiger partial charge >= 0.3 is 0 Å². The van der Waals surface area contributed by atoms with Gasteiger partial charge in [0.2, 0.25) is 10.0 Å². The van der Waals surface area contributed by atoms with Crippen molar-refractivity contribution in [3.8, 4) is 0 Å². The molecule has 1 aliphatic rings. The molecule has 7 nitrogen and oxygen atoms in total. The maximum absolute atomic E-state index is 13.6. The van der Waals surface area contributed by atoms with Gasteiger partial charge in [-0.2, -0.15) is 0 Å². The molecule has 0 spiro atoms. The van der Waals surface area contributed by atoms with E-state index in [1.54, 1.807) is 30.9 Å². The predicted molar refractivity (Wildman–Crippen MR) is 107 cm³/mol. The average molecular weight is 431 g/mol. The molecule has 0 aliphatic carbocycles. The van der Waals surface area contributed by atoms with Crippen molar-refractivity contribution >= 4 is 28.3 Å². The Hall–Kier alpha value is -1.94. The molecule has 3 rings (SSSR count). The van der Waals surface area contributed by atoms with Gasteiger partial charge in [-0.05, 0) is 37.6 Å². The molecule has 1 aliphatic heterocycles. The second kappa shape index (κ2) is 9.04. The Morgan fingerprint density at radius 1 is 1.32 bits per heavy atom. The number of carbonyl (C=O) groups excluding carboxylic acids is 1. The van der Waals surface area contributed by atoms with Crippen molar-refractivity contribution in [1.29, 1.82) is 0 Å². The number of amides is 1. The Balaban J connectivity index is 0.00000280. The second-order valence-corrected chi connectivity index (χ2v) is 8.51. The molecule has 3 N–H and O–H groups in total. The monoisotopic (exact) mass is 430 g/mol. The quantitative estimate of drug-likeness (QED) is 0.676. The number of hydrogen-bond acceptors (Lipinski definition) is 4. The van der Waals surface area contributed by atoms with Gasteiger partial charge in [0, 0.05) is 31.9 Å². The summed E-state index contributed by atoms with van der Waals surface area (Å²) in [6.45, 7) is 4.99. The molecule has 2 heterocycles. The summed E-state index contributed by atoms with van der Waals surface area (Å²) in [6, 6.07) is 6.90. The molecule has 1 saturated heterocycles. The topological polar surface area (TPSA) is 94.3 Å². The Morgan fingerprint density at radius 2 is 2.07 bits per heavy atom. The Morgan fingerprint density at radius 3 is 2.75 bits per heavy atom. The van der Waals surface area contributed by atoms with E-state index >= 15 is 0 Å². The van der Waals surface area contributed by atoms with Crippen molar-refractivity contribution in [3.63, 3.8) is 0 Å². The number of aromatic nitrogens is 1. The lowest BCUT2D eigenvalue weighted by atomic mass is 10.0. The third kappa shape index (κ3) is 4.91. The van der Waals surface area contributed by atoms with E-state index in [4.69, 9.17) is 0 Å². The summed E-state index contributed by atoms with van der Waals surface area (Å²) in [6.07, 6.45) is 1.30. The molecule has 2 aromatic rings. The smallest absolute Gasteiger partial charge is 0.270 e. The van der Waals surface area contributed by atoms with E-state index in [1.165, 1.54) is 24.4 Å². The molecule has 10 heteroatoms. The maximum Gasteiger partial charge on any atom is 0.270 e. The van der Waals surface area contributed by atoms with Crippen LogP contribution in [0.25, 0.3) is 0 Å². The highest BCUT2D eigenvalue weighted by atomic mass is 35.5. The van der Waals surface area contributed by atoms with Gasteiger partial charge in [-0.25, -0.2) is 17.5 Å². The molecule has 0 saturated carbocycles. The van der Waals surface area contributed by atoms with Crippen molar-refractivity contribution in [1.82, 2.24) is 19.9 Å². The standard InChI is InChI=1S/C18H23FN4O3S.ClH/c1-12(2)22-27(25,26)15-9-16(21-10-15)18(24)23-7-6-20-11-17(23)13-4-3-5-14(19)8-13;/h3-5,8-10,12,17,20-22H,6-7,11H2,1-2H3;1H. The van der Waals surface area contributed by atoms with E-state index in [1.807, 2.05) is 0 Å². The number of nitrogens with one attached hydrogen (secondary N) is 3. The second-order valence-electron chi connectivity index (χ2n) is 6.80. The summed E-state index contributed by atoms with van der Waals surface area (Å²) in [4.78, 5) is 17.4. The highest BCUT2D eigenvalue weighted by Crippen LogP contribution is 2.25. The van der Waals surface area contributed by atoms with Crippen molar-refractivity contribution < 1.29 is 17.6 Å². The average Bonchev–Trinajstić information content (AvgIpc) is 3.11. The van der Waals surface area contributed by atoms with E-state index in [0.29, 0.717) is 25.2 Å². The number of carbonyl (C=O) groups is 1. The van der Waals surface area contributed by atoms with Gasteiger partial charge in [-0.15, -0.1) is 12.4 Å². The molecule has 0 radical (unpaired) electrons. The first-order valence-electron chi connectivity index (χ1n) is 8.76. The number of piperazine rings is 1. The molecule has 1 aromatic heterocycles. The van der Waals surface area contributed by atoms with Crippen molar-refractivity contribution in [2.24, 2.45) is 0 Å². The van der Waals surface area contributed by atoms with Gasteiger partial charge < -0.3 is 15.2 Å². The van der Waals surface area contributed by atoms with Crippen LogP contribution in [0.1, 0.15) is 35.9 Å². The zero-order valence-corrected chi connectivity index (χ0v) is 17.2. The molecular formula is C18H24ClFN4O3S. The summed E-state index contributed by atoms with van der Waals surface area (Å²) < 4.78 is 40.6. The third-order valence-electron chi connectivity index (χ3n) is 4.33. The Kier molecular flexibility index (Phi) is 7.22. The van der Waals surface area contributed by atoms with Gasteiger partial charge in [-0.3, -0.25) is 4.79 Å². The molecular weight excluding hydrogens is 407 g/mol. The molecule has 1 unspecified atom stereocenters. The SMILES string of the molecule is CC(C)NS(=O)(=O)c1c[nH]c(C(=O)N2CCNCC2c2cccc(F)c2)c1.Cl. The van der Waals surface area contributed by atoms with E-state index in [0.717, 1.165) is 0 Å². The molecule has 1 aromatic carbocycles. The van der Waals surface area contributed by atoms with E-state index in [2.05, 4.69) is 15.0 Å². The van der Waals surface area contributed by atoms with Gasteiger partial charge in [0.25, 0.3) is 5.91 Å². The number of halogens is 2. The zero-order chi connectivity index (χ0) is 19.6. The van der Waals surface area contributed by atoms with Gasteiger partial charge in [0.1, 0.15) is 16.4 Å². The summed E-state index contributed by atoms with van der Waals surface area (Å²) in [7, 11) is -3.69. The lowest BCUT2D eigenvalue weighted by Gasteiger charge is -2.36. The van der Waals surface area contributed by atoms with Crippen LogP contribution >= 0.6 is 12.4 Å². The maximum atomic E-state index is 13.6. The molecule has 28 heavy (non-hydrogen) atoms. The number of hydrogen-bond donors (Lipinski definition) is 3. The van der Waals surface area contributed by atoms with Crippen LogP contribution in [0.5, 0.6) is 0 Å². The minimum atomic E-state index is -3.69. The molecule has 154 valence electrons. The van der Waals surface area contributed by atoms with Crippen LogP contribution in [-0.2, 0) is 10.0 Å². The Labute approximate surface area is 170 Å². The minimum Gasteiger partial charge on any atom is -0.356 e. The Bertz CT molecular complexity index is 932. The first-order chi connectivity index (χ1) is 12.8. The fourth-order valence-electron chi connectivity index (χ4n) is 3.15. The number of H-pyrrole nitrogens is 1. The summed E-state index contributed by atoms with van der Waals surface area (Å²) in [5.74, 6) is -0.685. The van der Waals surface area contributed by atoms with Crippen LogP contribution < -0.4 is 10.0 Å². The number of rotatable bonds is 5. The first-order valence-corrected chi connectivity index (χ1v) is 10.2. The highest BCUT2D eigenvalue weighted by Gasteiger charge is 2.30. The van der Waals surface area contributed by atoms with E-state index in [-0.39, 0.29) is 46.8 Å². The zero-order valence-electron chi connectivity index (χ0n) is 15.6. The van der Waals surface area contributed by atoms with Gasteiger partial charge in [0.15, 0.2) is 0 Å². The van der Waals surface area contributed by atoms with Crippen LogP contribution in [0.3, 0.4) is 0 Å². The van der Waals surface area contributed by atoms with Crippen molar-refractivity contribution in [2.45, 2.75) is 30.8 Å². The minimum absolute atomic E-state index is 0. The number of benzene rings is 1. The lowest BCUT2D eigenvalue weighted by molar-refractivity contribution is 0.0628. The highest BCUT2D eigenvalue weighted by molar-refractivity contribution is 7.89. The lowest BCUT2D eigenvalue weighted by Crippen LogP contribution is -2.48. The number of nitrogens with zero attached hydrogens (tertiary/aromatic N) is 1. The summed E-state index contributed by atoms with van der Waals surface area (Å²) in [5.41, 5.74) is 0.874. The molecule has 1 fully saturated rings. The van der Waals surface area contributed by atoms with Crippen LogP contribution in [-0.4, -0.2) is 49.9 Å². The predicted octanol–water partition coefficient (Wildman–Crippen LogP) is 2.05. The summed E-state index contributed by atoms with van der Waals surface area (Å²) >= 11 is 0. The molecule has 0 bridgehead atoms. The molecule has 1 amide bonds. The van der Waals surface area contributed by atoms with Crippen molar-refractivity contribution in [2.75, 3.05) is 19.6 Å².